The summed E-state index contributed by atoms with van der Waals surface area (Å²) in [6.45, 7) is 14.6. The highest BCUT2D eigenvalue weighted by molar-refractivity contribution is 6.05. The zero-order valence-corrected chi connectivity index (χ0v) is 19.6. The third-order valence-electron chi connectivity index (χ3n) is 5.48. The van der Waals surface area contributed by atoms with E-state index >= 15 is 0 Å². The molecule has 2 atom stereocenters. The molecule has 1 aromatic heterocycles. The SMILES string of the molecule is COC(=O)c1ccc(N2CC(C)N(C(=O)OC(C)(C)C)[C@@H](C)C2)c2nc(C)c(C)nc12. The summed E-state index contributed by atoms with van der Waals surface area (Å²) in [6.07, 6.45) is -0.302. The van der Waals surface area contributed by atoms with Gasteiger partial charge in [0.15, 0.2) is 0 Å². The summed E-state index contributed by atoms with van der Waals surface area (Å²) in [7, 11) is 1.36. The third kappa shape index (κ3) is 4.57. The van der Waals surface area contributed by atoms with E-state index in [0.717, 1.165) is 17.1 Å². The Morgan fingerprint density at radius 1 is 1.00 bits per heavy atom. The minimum Gasteiger partial charge on any atom is -0.465 e. The molecule has 0 spiro atoms. The average molecular weight is 429 g/mol. The van der Waals surface area contributed by atoms with Crippen molar-refractivity contribution >= 4 is 28.8 Å². The monoisotopic (exact) mass is 428 g/mol. The fraction of sp³-hybridized carbons (Fsp3) is 0.565. The van der Waals surface area contributed by atoms with Crippen molar-refractivity contribution in [2.24, 2.45) is 0 Å². The Labute approximate surface area is 183 Å². The van der Waals surface area contributed by atoms with Crippen LogP contribution < -0.4 is 4.90 Å². The van der Waals surface area contributed by atoms with Crippen molar-refractivity contribution in [3.8, 4) is 0 Å². The fourth-order valence-electron chi connectivity index (χ4n) is 4.01. The highest BCUT2D eigenvalue weighted by atomic mass is 16.6. The number of piperazine rings is 1. The van der Waals surface area contributed by atoms with E-state index in [9.17, 15) is 9.59 Å². The predicted molar refractivity (Wildman–Crippen MR) is 120 cm³/mol. The molecule has 0 bridgehead atoms. The van der Waals surface area contributed by atoms with E-state index in [1.807, 2.05) is 54.5 Å². The van der Waals surface area contributed by atoms with Gasteiger partial charge < -0.3 is 14.4 Å². The lowest BCUT2D eigenvalue weighted by Crippen LogP contribution is -2.59. The van der Waals surface area contributed by atoms with Gasteiger partial charge in [-0.2, -0.15) is 0 Å². The quantitative estimate of drug-likeness (QED) is 0.671. The molecule has 1 unspecified atom stereocenters. The summed E-state index contributed by atoms with van der Waals surface area (Å²) < 4.78 is 10.5. The van der Waals surface area contributed by atoms with E-state index in [1.165, 1.54) is 7.11 Å². The van der Waals surface area contributed by atoms with Crippen LogP contribution in [0.25, 0.3) is 11.0 Å². The number of hydrogen-bond donors (Lipinski definition) is 0. The van der Waals surface area contributed by atoms with Gasteiger partial charge in [0.1, 0.15) is 16.6 Å². The minimum atomic E-state index is -0.543. The first kappa shape index (κ1) is 22.8. The van der Waals surface area contributed by atoms with Crippen LogP contribution >= 0.6 is 0 Å². The Balaban J connectivity index is 1.99. The minimum absolute atomic E-state index is 0.0616. The van der Waals surface area contributed by atoms with Crippen LogP contribution in [0.3, 0.4) is 0 Å². The van der Waals surface area contributed by atoms with Crippen molar-refractivity contribution in [2.75, 3.05) is 25.1 Å². The zero-order chi connectivity index (χ0) is 23.1. The second-order valence-electron chi connectivity index (χ2n) is 9.21. The molecule has 1 aliphatic heterocycles. The van der Waals surface area contributed by atoms with Crippen LogP contribution in [0.5, 0.6) is 0 Å². The summed E-state index contributed by atoms with van der Waals surface area (Å²) in [5.74, 6) is -0.439. The van der Waals surface area contributed by atoms with Gasteiger partial charge in [0.25, 0.3) is 0 Å². The lowest BCUT2D eigenvalue weighted by atomic mass is 10.1. The molecule has 8 nitrogen and oxygen atoms in total. The van der Waals surface area contributed by atoms with E-state index in [-0.39, 0.29) is 18.2 Å². The van der Waals surface area contributed by atoms with Crippen molar-refractivity contribution in [3.05, 3.63) is 29.1 Å². The molecule has 1 aliphatic rings. The van der Waals surface area contributed by atoms with E-state index in [0.29, 0.717) is 29.7 Å². The number of hydrogen-bond acceptors (Lipinski definition) is 7. The molecule has 1 fully saturated rings. The van der Waals surface area contributed by atoms with Gasteiger partial charge >= 0.3 is 12.1 Å². The predicted octanol–water partition coefficient (Wildman–Crippen LogP) is 3.87. The third-order valence-corrected chi connectivity index (χ3v) is 5.48. The Bertz CT molecular complexity index is 1000. The summed E-state index contributed by atoms with van der Waals surface area (Å²) in [5.41, 5.74) is 3.51. The van der Waals surface area contributed by atoms with Crippen molar-refractivity contribution < 1.29 is 19.1 Å². The number of methoxy groups -OCH3 is 1. The Morgan fingerprint density at radius 3 is 2.06 bits per heavy atom. The largest absolute Gasteiger partial charge is 0.465 e. The van der Waals surface area contributed by atoms with E-state index in [1.54, 1.807) is 11.0 Å². The van der Waals surface area contributed by atoms with Gasteiger partial charge in [-0.1, -0.05) is 0 Å². The average Bonchev–Trinajstić information content (AvgIpc) is 2.65. The molecule has 2 aromatic rings. The van der Waals surface area contributed by atoms with Crippen molar-refractivity contribution in [1.29, 1.82) is 0 Å². The molecular formula is C23H32N4O4. The van der Waals surface area contributed by atoms with Gasteiger partial charge in [0, 0.05) is 13.1 Å². The van der Waals surface area contributed by atoms with Crippen molar-refractivity contribution in [3.63, 3.8) is 0 Å². The summed E-state index contributed by atoms with van der Waals surface area (Å²) in [6, 6.07) is 3.50. The standard InChI is InChI=1S/C23H32N4O4/c1-13-11-26(12-14(2)27(13)22(29)31-23(5,6)7)18-10-9-17(21(28)30-8)19-20(18)25-16(4)15(3)24-19/h9-10,13-14H,11-12H2,1-8H3/t13-,14?/m0/s1. The van der Waals surface area contributed by atoms with Gasteiger partial charge in [-0.25, -0.2) is 19.6 Å². The number of carbonyl (C=O) groups is 2. The highest BCUT2D eigenvalue weighted by Gasteiger charge is 2.36. The normalized spacial score (nSPS) is 19.5. The number of ether oxygens (including phenoxy) is 2. The first-order valence-electron chi connectivity index (χ1n) is 10.6. The molecule has 1 saturated heterocycles. The topological polar surface area (TPSA) is 84.9 Å². The van der Waals surface area contributed by atoms with E-state index in [4.69, 9.17) is 14.5 Å². The maximum atomic E-state index is 12.7. The number of benzene rings is 1. The molecule has 2 heterocycles. The maximum absolute atomic E-state index is 12.7. The number of nitrogens with zero attached hydrogens (tertiary/aromatic N) is 4. The number of esters is 1. The second-order valence-corrected chi connectivity index (χ2v) is 9.21. The van der Waals surface area contributed by atoms with Crippen LogP contribution in [-0.4, -0.2) is 64.8 Å². The summed E-state index contributed by atoms with van der Waals surface area (Å²) in [4.78, 5) is 38.4. The number of anilines is 1. The number of aromatic nitrogens is 2. The van der Waals surface area contributed by atoms with Crippen molar-refractivity contribution in [1.82, 2.24) is 14.9 Å². The number of carbonyl (C=O) groups excluding carboxylic acids is 2. The molecule has 0 saturated carbocycles. The maximum Gasteiger partial charge on any atom is 0.410 e. The lowest BCUT2D eigenvalue weighted by molar-refractivity contribution is 0.00566. The van der Waals surface area contributed by atoms with Crippen LogP contribution in [-0.2, 0) is 9.47 Å². The Hall–Kier alpha value is -2.90. The van der Waals surface area contributed by atoms with E-state index < -0.39 is 11.6 Å². The van der Waals surface area contributed by atoms with E-state index in [2.05, 4.69) is 9.88 Å². The number of aryl methyl sites for hydroxylation is 2. The molecule has 31 heavy (non-hydrogen) atoms. The Morgan fingerprint density at radius 2 is 1.55 bits per heavy atom. The summed E-state index contributed by atoms with van der Waals surface area (Å²) >= 11 is 0. The Kier molecular flexibility index (Phi) is 6.11. The fourth-order valence-corrected chi connectivity index (χ4v) is 4.01. The number of amides is 1. The number of fused-ring (bicyclic) bond motifs is 1. The molecule has 1 aromatic carbocycles. The van der Waals surface area contributed by atoms with Gasteiger partial charge in [0.2, 0.25) is 0 Å². The molecule has 8 heteroatoms. The van der Waals surface area contributed by atoms with Crippen LogP contribution in [0.1, 0.15) is 56.4 Å². The molecule has 0 radical (unpaired) electrons. The molecular weight excluding hydrogens is 396 g/mol. The van der Waals surface area contributed by atoms with Gasteiger partial charge in [-0.3, -0.25) is 4.90 Å². The zero-order valence-electron chi connectivity index (χ0n) is 19.6. The van der Waals surface area contributed by atoms with Crippen molar-refractivity contribution in [2.45, 2.75) is 66.2 Å². The first-order chi connectivity index (χ1) is 14.4. The smallest absolute Gasteiger partial charge is 0.410 e. The molecule has 0 N–H and O–H groups in total. The molecule has 1 amide bonds. The molecule has 3 rings (SSSR count). The van der Waals surface area contributed by atoms with Crippen LogP contribution in [0.4, 0.5) is 10.5 Å². The number of rotatable bonds is 2. The molecule has 0 aliphatic carbocycles. The highest BCUT2D eigenvalue weighted by Crippen LogP contribution is 2.31. The van der Waals surface area contributed by atoms with Crippen LogP contribution in [0, 0.1) is 13.8 Å². The van der Waals surface area contributed by atoms with Gasteiger partial charge in [0.05, 0.1) is 41.8 Å². The second kappa shape index (κ2) is 8.32. The van der Waals surface area contributed by atoms with Gasteiger partial charge in [-0.15, -0.1) is 0 Å². The first-order valence-corrected chi connectivity index (χ1v) is 10.6. The van der Waals surface area contributed by atoms with Crippen LogP contribution in [0.2, 0.25) is 0 Å². The molecule has 168 valence electrons. The van der Waals surface area contributed by atoms with Crippen LogP contribution in [0.15, 0.2) is 12.1 Å². The summed E-state index contributed by atoms with van der Waals surface area (Å²) in [5, 5.41) is 0. The van der Waals surface area contributed by atoms with Gasteiger partial charge in [-0.05, 0) is 60.6 Å². The lowest BCUT2D eigenvalue weighted by Gasteiger charge is -2.45.